The molecule has 0 aliphatic rings. The standard InChI is InChI=1S/C19H10ClF9O/c1-9-2-3-10(6-15(9)20)16(30)8-14(19(27,28)29)11-4-12(17(21,22)23)7-13(5-11)18(24,25)26/h2-8H,1H3/b14-8+. The van der Waals surface area contributed by atoms with Crippen molar-refractivity contribution < 1.29 is 44.3 Å². The summed E-state index contributed by atoms with van der Waals surface area (Å²) in [4.78, 5) is 12.2. The van der Waals surface area contributed by atoms with Gasteiger partial charge in [0.15, 0.2) is 5.78 Å². The van der Waals surface area contributed by atoms with E-state index < -0.39 is 46.6 Å². The molecule has 162 valence electrons. The molecule has 0 aliphatic carbocycles. The molecular weight excluding hydrogens is 451 g/mol. The molecule has 0 aromatic heterocycles. The summed E-state index contributed by atoms with van der Waals surface area (Å²) in [6, 6.07) is 2.99. The first kappa shape index (κ1) is 23.8. The molecule has 0 fully saturated rings. The number of aryl methyl sites for hydroxylation is 1. The Morgan fingerprint density at radius 3 is 1.70 bits per heavy atom. The first-order valence-electron chi connectivity index (χ1n) is 7.89. The SMILES string of the molecule is Cc1ccc(C(=O)/C=C(\c2cc(C(F)(F)F)cc(C(F)(F)F)c2)C(F)(F)F)cc1Cl. The number of hydrogen-bond donors (Lipinski definition) is 0. The number of halogens is 10. The maximum Gasteiger partial charge on any atom is 0.417 e. The van der Waals surface area contributed by atoms with Gasteiger partial charge in [-0.2, -0.15) is 39.5 Å². The van der Waals surface area contributed by atoms with E-state index in [1.165, 1.54) is 6.07 Å². The first-order valence-corrected chi connectivity index (χ1v) is 8.27. The summed E-state index contributed by atoms with van der Waals surface area (Å²) < 4.78 is 118. The van der Waals surface area contributed by atoms with Gasteiger partial charge >= 0.3 is 18.5 Å². The van der Waals surface area contributed by atoms with Gasteiger partial charge in [0.2, 0.25) is 0 Å². The van der Waals surface area contributed by atoms with Crippen LogP contribution in [-0.4, -0.2) is 12.0 Å². The molecule has 0 saturated heterocycles. The van der Waals surface area contributed by atoms with Gasteiger partial charge in [0, 0.05) is 10.6 Å². The van der Waals surface area contributed by atoms with Crippen LogP contribution in [0.15, 0.2) is 42.5 Å². The van der Waals surface area contributed by atoms with Crippen molar-refractivity contribution in [2.24, 2.45) is 0 Å². The second kappa shape index (κ2) is 7.98. The van der Waals surface area contributed by atoms with Crippen LogP contribution in [-0.2, 0) is 12.4 Å². The Kier molecular flexibility index (Phi) is 6.32. The molecule has 2 aromatic carbocycles. The third-order valence-electron chi connectivity index (χ3n) is 3.94. The van der Waals surface area contributed by atoms with Gasteiger partial charge in [-0.15, -0.1) is 0 Å². The summed E-state index contributed by atoms with van der Waals surface area (Å²) in [5, 5.41) is 0.0428. The zero-order chi connectivity index (χ0) is 23.1. The van der Waals surface area contributed by atoms with E-state index in [0.717, 1.165) is 12.1 Å². The average molecular weight is 461 g/mol. The van der Waals surface area contributed by atoms with E-state index in [0.29, 0.717) is 5.56 Å². The number of allylic oxidation sites excluding steroid dienone is 2. The average Bonchev–Trinajstić information content (AvgIpc) is 2.58. The normalized spacial score (nSPS) is 13.5. The van der Waals surface area contributed by atoms with Gasteiger partial charge in [-0.1, -0.05) is 23.7 Å². The fraction of sp³-hybridized carbons (Fsp3) is 0.211. The predicted molar refractivity (Wildman–Crippen MR) is 91.0 cm³/mol. The van der Waals surface area contributed by atoms with Gasteiger partial charge in [-0.3, -0.25) is 4.79 Å². The number of carbonyl (C=O) groups excluding carboxylic acids is 1. The van der Waals surface area contributed by atoms with Crippen molar-refractivity contribution in [3.05, 3.63) is 75.3 Å². The van der Waals surface area contributed by atoms with Crippen LogP contribution in [0, 0.1) is 6.92 Å². The molecule has 0 aliphatic heterocycles. The highest BCUT2D eigenvalue weighted by molar-refractivity contribution is 6.31. The number of alkyl halides is 9. The van der Waals surface area contributed by atoms with Gasteiger partial charge in [-0.25, -0.2) is 0 Å². The van der Waals surface area contributed by atoms with Crippen molar-refractivity contribution >= 4 is 23.0 Å². The van der Waals surface area contributed by atoms with Crippen molar-refractivity contribution in [2.45, 2.75) is 25.5 Å². The van der Waals surface area contributed by atoms with E-state index in [9.17, 15) is 44.3 Å². The van der Waals surface area contributed by atoms with Crippen LogP contribution in [0.4, 0.5) is 39.5 Å². The molecule has 0 amide bonds. The van der Waals surface area contributed by atoms with Gasteiger partial charge in [0.05, 0.1) is 16.7 Å². The fourth-order valence-corrected chi connectivity index (χ4v) is 2.58. The minimum absolute atomic E-state index is 0.0428. The largest absolute Gasteiger partial charge is 0.417 e. The van der Waals surface area contributed by atoms with Gasteiger partial charge < -0.3 is 0 Å². The number of rotatable bonds is 3. The van der Waals surface area contributed by atoms with Crippen molar-refractivity contribution in [1.82, 2.24) is 0 Å². The molecule has 1 nitrogen and oxygen atoms in total. The minimum atomic E-state index is -5.42. The molecule has 0 heterocycles. The fourth-order valence-electron chi connectivity index (χ4n) is 2.40. The Labute approximate surface area is 168 Å². The second-order valence-corrected chi connectivity index (χ2v) is 6.59. The number of hydrogen-bond acceptors (Lipinski definition) is 1. The molecule has 0 N–H and O–H groups in total. The third-order valence-corrected chi connectivity index (χ3v) is 4.34. The van der Waals surface area contributed by atoms with Crippen LogP contribution < -0.4 is 0 Å². The maximum absolute atomic E-state index is 13.5. The van der Waals surface area contributed by atoms with Crippen molar-refractivity contribution in [2.75, 3.05) is 0 Å². The molecule has 2 rings (SSSR count). The van der Waals surface area contributed by atoms with Crippen LogP contribution in [0.3, 0.4) is 0 Å². The Bertz CT molecular complexity index is 966. The van der Waals surface area contributed by atoms with Crippen LogP contribution in [0.25, 0.3) is 5.57 Å². The summed E-state index contributed by atoms with van der Waals surface area (Å²) in [5.41, 5.74) is -7.10. The molecule has 0 bridgehead atoms. The second-order valence-electron chi connectivity index (χ2n) is 6.18. The smallest absolute Gasteiger partial charge is 0.289 e. The van der Waals surface area contributed by atoms with Gasteiger partial charge in [0.1, 0.15) is 0 Å². The topological polar surface area (TPSA) is 17.1 Å². The summed E-state index contributed by atoms with van der Waals surface area (Å²) in [6.07, 6.45) is -16.2. The minimum Gasteiger partial charge on any atom is -0.289 e. The molecule has 0 unspecified atom stereocenters. The van der Waals surface area contributed by atoms with Crippen LogP contribution in [0.5, 0.6) is 0 Å². The summed E-state index contributed by atoms with van der Waals surface area (Å²) in [5.74, 6) is -1.30. The van der Waals surface area contributed by atoms with E-state index in [2.05, 4.69) is 0 Å². The lowest BCUT2D eigenvalue weighted by Crippen LogP contribution is -2.16. The van der Waals surface area contributed by atoms with E-state index in [4.69, 9.17) is 11.6 Å². The zero-order valence-corrected chi connectivity index (χ0v) is 15.5. The summed E-state index contributed by atoms with van der Waals surface area (Å²) in [7, 11) is 0. The van der Waals surface area contributed by atoms with Crippen molar-refractivity contribution in [3.8, 4) is 0 Å². The summed E-state index contributed by atoms with van der Waals surface area (Å²) in [6.45, 7) is 1.55. The molecule has 2 aromatic rings. The Morgan fingerprint density at radius 1 is 0.800 bits per heavy atom. The van der Waals surface area contributed by atoms with Crippen LogP contribution in [0.1, 0.15) is 32.6 Å². The number of benzene rings is 2. The van der Waals surface area contributed by atoms with Crippen molar-refractivity contribution in [3.63, 3.8) is 0 Å². The predicted octanol–water partition coefficient (Wildman–Crippen LogP) is 7.51. The third kappa shape index (κ3) is 5.56. The van der Waals surface area contributed by atoms with E-state index in [-0.39, 0.29) is 34.9 Å². The number of carbonyl (C=O) groups is 1. The summed E-state index contributed by atoms with van der Waals surface area (Å²) >= 11 is 5.80. The van der Waals surface area contributed by atoms with E-state index in [1.807, 2.05) is 0 Å². The quantitative estimate of drug-likeness (QED) is 0.263. The van der Waals surface area contributed by atoms with Crippen LogP contribution in [0.2, 0.25) is 5.02 Å². The van der Waals surface area contributed by atoms with Gasteiger partial charge in [-0.05, 0) is 48.4 Å². The number of ketones is 1. The molecule has 0 atom stereocenters. The molecule has 0 spiro atoms. The Morgan fingerprint density at radius 2 is 1.30 bits per heavy atom. The molecule has 11 heteroatoms. The lowest BCUT2D eigenvalue weighted by atomic mass is 9.96. The molecular formula is C19H10ClF9O. The van der Waals surface area contributed by atoms with E-state index >= 15 is 0 Å². The molecule has 0 radical (unpaired) electrons. The highest BCUT2D eigenvalue weighted by atomic mass is 35.5. The first-order chi connectivity index (χ1) is 13.5. The molecule has 0 saturated carbocycles. The Balaban J connectivity index is 2.71. The van der Waals surface area contributed by atoms with Crippen molar-refractivity contribution in [1.29, 1.82) is 0 Å². The lowest BCUT2D eigenvalue weighted by molar-refractivity contribution is -0.143. The Hall–Kier alpha value is -2.49. The van der Waals surface area contributed by atoms with Gasteiger partial charge in [0.25, 0.3) is 0 Å². The highest BCUT2D eigenvalue weighted by Gasteiger charge is 2.41. The lowest BCUT2D eigenvalue weighted by Gasteiger charge is -2.17. The zero-order valence-electron chi connectivity index (χ0n) is 14.7. The maximum atomic E-state index is 13.5. The highest BCUT2D eigenvalue weighted by Crippen LogP contribution is 2.41. The van der Waals surface area contributed by atoms with Crippen LogP contribution >= 0.6 is 11.6 Å². The monoisotopic (exact) mass is 460 g/mol. The molecule has 30 heavy (non-hydrogen) atoms. The van der Waals surface area contributed by atoms with E-state index in [1.54, 1.807) is 6.92 Å².